The molecule has 1 saturated carbocycles. The quantitative estimate of drug-likeness (QED) is 0.443. The molecule has 0 amide bonds. The van der Waals surface area contributed by atoms with Crippen LogP contribution in [-0.2, 0) is 17.8 Å². The molecule has 0 bridgehead atoms. The Hall–Kier alpha value is -3.88. The van der Waals surface area contributed by atoms with E-state index in [1.54, 1.807) is 22.8 Å². The van der Waals surface area contributed by atoms with Crippen LogP contribution in [0.15, 0.2) is 62.8 Å². The fraction of sp³-hybridized carbons (Fsp3) is 0.273. The Labute approximate surface area is 176 Å². The van der Waals surface area contributed by atoms with Crippen LogP contribution in [0.25, 0.3) is 16.9 Å². The molecule has 158 valence electrons. The van der Waals surface area contributed by atoms with Crippen molar-refractivity contribution in [1.82, 2.24) is 18.7 Å². The number of imidazole rings is 1. The summed E-state index contributed by atoms with van der Waals surface area (Å²) in [5, 5.41) is 0. The molecule has 0 spiro atoms. The third-order valence-electron chi connectivity index (χ3n) is 5.43. The van der Waals surface area contributed by atoms with E-state index < -0.39 is 11.7 Å². The van der Waals surface area contributed by atoms with Crippen LogP contribution >= 0.6 is 0 Å². The number of furan rings is 1. The molecule has 0 N–H and O–H groups in total. The summed E-state index contributed by atoms with van der Waals surface area (Å²) in [7, 11) is 1.28. The summed E-state index contributed by atoms with van der Waals surface area (Å²) in [4.78, 5) is 42.6. The molecule has 3 aromatic heterocycles. The number of benzene rings is 1. The fourth-order valence-electron chi connectivity index (χ4n) is 3.67. The van der Waals surface area contributed by atoms with E-state index in [1.165, 1.54) is 28.6 Å². The van der Waals surface area contributed by atoms with Gasteiger partial charge in [0.15, 0.2) is 11.2 Å². The lowest BCUT2D eigenvalue weighted by molar-refractivity contribution is 0.0563. The van der Waals surface area contributed by atoms with Crippen LogP contribution in [0.1, 0.15) is 29.2 Å². The van der Waals surface area contributed by atoms with Gasteiger partial charge < -0.3 is 13.7 Å². The van der Waals surface area contributed by atoms with Crippen molar-refractivity contribution in [3.63, 3.8) is 0 Å². The maximum absolute atomic E-state index is 13.3. The lowest BCUT2D eigenvalue weighted by Gasteiger charge is -2.12. The topological polar surface area (TPSA) is 101 Å². The van der Waals surface area contributed by atoms with Gasteiger partial charge in [0.1, 0.15) is 5.76 Å². The number of para-hydroxylation sites is 1. The molecule has 4 aromatic rings. The first kappa shape index (κ1) is 19.1. The van der Waals surface area contributed by atoms with Crippen LogP contribution in [-0.4, -0.2) is 31.8 Å². The Bertz CT molecular complexity index is 1390. The highest BCUT2D eigenvalue weighted by Crippen LogP contribution is 2.30. The van der Waals surface area contributed by atoms with E-state index in [0.29, 0.717) is 29.4 Å². The van der Waals surface area contributed by atoms with Crippen molar-refractivity contribution in [3.8, 4) is 5.69 Å². The Morgan fingerprint density at radius 1 is 1.16 bits per heavy atom. The summed E-state index contributed by atoms with van der Waals surface area (Å²) in [5.41, 5.74) is 0.453. The molecular formula is C22H20N4O5. The van der Waals surface area contributed by atoms with Crippen molar-refractivity contribution >= 4 is 17.1 Å². The smallest absolute Gasteiger partial charge is 0.373 e. The highest BCUT2D eigenvalue weighted by molar-refractivity contribution is 5.86. The average Bonchev–Trinajstić information content (AvgIpc) is 3.33. The molecule has 9 nitrogen and oxygen atoms in total. The van der Waals surface area contributed by atoms with Crippen molar-refractivity contribution in [2.45, 2.75) is 25.9 Å². The summed E-state index contributed by atoms with van der Waals surface area (Å²) in [6, 6.07) is 12.3. The lowest BCUT2D eigenvalue weighted by Crippen LogP contribution is -2.40. The SMILES string of the molecule is COC(=O)c1ccc(Cn2cnc3c2c(=O)n(CC2CC2)c(=O)n3-c2ccccc2)o1. The molecule has 31 heavy (non-hydrogen) atoms. The van der Waals surface area contributed by atoms with Crippen LogP contribution in [0.4, 0.5) is 0 Å². The van der Waals surface area contributed by atoms with Crippen molar-refractivity contribution in [3.05, 3.63) is 81.2 Å². The monoisotopic (exact) mass is 420 g/mol. The zero-order valence-electron chi connectivity index (χ0n) is 16.9. The molecule has 1 aliphatic rings. The number of nitrogens with zero attached hydrogens (tertiary/aromatic N) is 4. The molecule has 5 rings (SSSR count). The van der Waals surface area contributed by atoms with E-state index >= 15 is 0 Å². The van der Waals surface area contributed by atoms with Gasteiger partial charge in [-0.15, -0.1) is 0 Å². The van der Waals surface area contributed by atoms with Gasteiger partial charge in [0.2, 0.25) is 5.76 Å². The van der Waals surface area contributed by atoms with Gasteiger partial charge >= 0.3 is 11.7 Å². The molecule has 1 fully saturated rings. The normalized spacial score (nSPS) is 13.6. The number of hydrogen-bond acceptors (Lipinski definition) is 6. The number of ether oxygens (including phenoxy) is 1. The first-order valence-electron chi connectivity index (χ1n) is 10.00. The lowest BCUT2D eigenvalue weighted by atomic mass is 10.3. The van der Waals surface area contributed by atoms with Gasteiger partial charge in [-0.05, 0) is 43.0 Å². The molecular weight excluding hydrogens is 400 g/mol. The summed E-state index contributed by atoms with van der Waals surface area (Å²) in [5.74, 6) is 0.308. The van der Waals surface area contributed by atoms with Crippen LogP contribution < -0.4 is 11.2 Å². The number of carbonyl (C=O) groups excluding carboxylic acids is 1. The molecule has 0 radical (unpaired) electrons. The van der Waals surface area contributed by atoms with E-state index in [2.05, 4.69) is 9.72 Å². The Morgan fingerprint density at radius 2 is 1.94 bits per heavy atom. The van der Waals surface area contributed by atoms with Gasteiger partial charge in [-0.1, -0.05) is 18.2 Å². The summed E-state index contributed by atoms with van der Waals surface area (Å²) >= 11 is 0. The minimum absolute atomic E-state index is 0.0780. The Balaban J connectivity index is 1.67. The van der Waals surface area contributed by atoms with Gasteiger partial charge in [0, 0.05) is 6.54 Å². The number of hydrogen-bond donors (Lipinski definition) is 0. The highest BCUT2D eigenvalue weighted by Gasteiger charge is 2.26. The first-order valence-corrected chi connectivity index (χ1v) is 10.00. The highest BCUT2D eigenvalue weighted by atomic mass is 16.5. The average molecular weight is 420 g/mol. The number of esters is 1. The summed E-state index contributed by atoms with van der Waals surface area (Å²) in [6.45, 7) is 0.567. The zero-order chi connectivity index (χ0) is 21.5. The molecule has 0 saturated heterocycles. The van der Waals surface area contributed by atoms with E-state index in [1.807, 2.05) is 18.2 Å². The van der Waals surface area contributed by atoms with Gasteiger partial charge in [-0.2, -0.15) is 0 Å². The Kier molecular flexibility index (Phi) is 4.58. The van der Waals surface area contributed by atoms with Gasteiger partial charge in [-0.25, -0.2) is 19.1 Å². The second-order valence-electron chi connectivity index (χ2n) is 7.61. The van der Waals surface area contributed by atoms with E-state index in [-0.39, 0.29) is 23.5 Å². The van der Waals surface area contributed by atoms with Crippen LogP contribution in [0, 0.1) is 5.92 Å². The van der Waals surface area contributed by atoms with E-state index in [4.69, 9.17) is 4.42 Å². The molecule has 0 atom stereocenters. The van der Waals surface area contributed by atoms with Crippen molar-refractivity contribution in [2.75, 3.05) is 7.11 Å². The van der Waals surface area contributed by atoms with Gasteiger partial charge in [-0.3, -0.25) is 9.36 Å². The molecule has 1 aromatic carbocycles. The van der Waals surface area contributed by atoms with E-state index in [9.17, 15) is 14.4 Å². The molecule has 0 aliphatic heterocycles. The fourth-order valence-corrected chi connectivity index (χ4v) is 3.67. The largest absolute Gasteiger partial charge is 0.463 e. The maximum atomic E-state index is 13.3. The molecule has 3 heterocycles. The number of aromatic nitrogens is 4. The summed E-state index contributed by atoms with van der Waals surface area (Å²) < 4.78 is 14.6. The number of rotatable bonds is 6. The number of methoxy groups -OCH3 is 1. The van der Waals surface area contributed by atoms with Gasteiger partial charge in [0.05, 0.1) is 25.7 Å². The van der Waals surface area contributed by atoms with E-state index in [0.717, 1.165) is 12.8 Å². The van der Waals surface area contributed by atoms with Crippen LogP contribution in [0.3, 0.4) is 0 Å². The van der Waals surface area contributed by atoms with Gasteiger partial charge in [0.25, 0.3) is 5.56 Å². The summed E-state index contributed by atoms with van der Waals surface area (Å²) in [6.07, 6.45) is 3.53. The van der Waals surface area contributed by atoms with Crippen molar-refractivity contribution in [1.29, 1.82) is 0 Å². The predicted octanol–water partition coefficient (Wildman–Crippen LogP) is 2.19. The second-order valence-corrected chi connectivity index (χ2v) is 7.61. The minimum Gasteiger partial charge on any atom is -0.463 e. The third kappa shape index (κ3) is 3.37. The molecule has 1 aliphatic carbocycles. The first-order chi connectivity index (χ1) is 15.1. The van der Waals surface area contributed by atoms with Crippen LogP contribution in [0.5, 0.6) is 0 Å². The Morgan fingerprint density at radius 3 is 2.65 bits per heavy atom. The zero-order valence-corrected chi connectivity index (χ0v) is 16.9. The minimum atomic E-state index is -0.577. The third-order valence-corrected chi connectivity index (χ3v) is 5.43. The molecule has 9 heteroatoms. The number of carbonyl (C=O) groups is 1. The van der Waals surface area contributed by atoms with Crippen molar-refractivity contribution in [2.24, 2.45) is 5.92 Å². The maximum Gasteiger partial charge on any atom is 0.373 e. The van der Waals surface area contributed by atoms with Crippen LogP contribution in [0.2, 0.25) is 0 Å². The predicted molar refractivity (Wildman–Crippen MR) is 111 cm³/mol. The second kappa shape index (κ2) is 7.42. The molecule has 0 unspecified atom stereocenters. The number of fused-ring (bicyclic) bond motifs is 1. The standard InChI is InChI=1S/C22H20N4O5/c1-30-21(28)17-10-9-16(31-17)12-24-13-23-19-18(24)20(27)25(11-14-7-8-14)22(29)26(19)15-5-3-2-4-6-15/h2-6,9-10,13-14H,7-8,11-12H2,1H3. The van der Waals surface area contributed by atoms with Crippen molar-refractivity contribution < 1.29 is 13.9 Å².